The van der Waals surface area contributed by atoms with Crippen LogP contribution >= 0.6 is 0 Å². The second-order valence-electron chi connectivity index (χ2n) is 7.60. The molecule has 0 aliphatic carbocycles. The average Bonchev–Trinajstić information content (AvgIpc) is 3.31. The topological polar surface area (TPSA) is 121 Å². The molecule has 0 bridgehead atoms. The zero-order valence-corrected chi connectivity index (χ0v) is 19.0. The van der Waals surface area contributed by atoms with Crippen LogP contribution in [0, 0.1) is 0 Å². The minimum absolute atomic E-state index is 0.00331. The van der Waals surface area contributed by atoms with Crippen LogP contribution in [0.2, 0.25) is 0 Å². The van der Waals surface area contributed by atoms with Crippen molar-refractivity contribution in [2.24, 2.45) is 0 Å². The van der Waals surface area contributed by atoms with Crippen LogP contribution in [0.15, 0.2) is 82.1 Å². The number of ketones is 1. The maximum Gasteiger partial charge on any atom is 0.340 e. The van der Waals surface area contributed by atoms with Gasteiger partial charge in [0.25, 0.3) is 10.0 Å². The van der Waals surface area contributed by atoms with Crippen LogP contribution in [-0.2, 0) is 14.8 Å². The van der Waals surface area contributed by atoms with Crippen LogP contribution < -0.4 is 14.2 Å². The molecular formula is C25H19NO8S. The number of furan rings is 1. The van der Waals surface area contributed by atoms with Gasteiger partial charge >= 0.3 is 5.97 Å². The van der Waals surface area contributed by atoms with Crippen molar-refractivity contribution in [2.45, 2.75) is 4.90 Å². The van der Waals surface area contributed by atoms with Crippen molar-refractivity contribution < 1.29 is 36.6 Å². The van der Waals surface area contributed by atoms with Crippen LogP contribution in [0.1, 0.15) is 20.9 Å². The molecule has 0 amide bonds. The number of anilines is 1. The summed E-state index contributed by atoms with van der Waals surface area (Å²) >= 11 is 0. The highest BCUT2D eigenvalue weighted by Gasteiger charge is 2.23. The van der Waals surface area contributed by atoms with Gasteiger partial charge in [0.15, 0.2) is 23.9 Å². The van der Waals surface area contributed by atoms with Gasteiger partial charge in [-0.25, -0.2) is 13.2 Å². The van der Waals surface area contributed by atoms with Gasteiger partial charge in [-0.15, -0.1) is 0 Å². The molecule has 0 unspecified atom stereocenters. The van der Waals surface area contributed by atoms with Crippen molar-refractivity contribution >= 4 is 38.4 Å². The Kier molecular flexibility index (Phi) is 5.87. The summed E-state index contributed by atoms with van der Waals surface area (Å²) in [6, 6.07) is 18.9. The Labute approximate surface area is 200 Å². The number of hydrogen-bond acceptors (Lipinski definition) is 8. The Morgan fingerprint density at radius 1 is 0.886 bits per heavy atom. The molecule has 9 nitrogen and oxygen atoms in total. The third kappa shape index (κ3) is 4.69. The molecule has 0 spiro atoms. The van der Waals surface area contributed by atoms with E-state index in [1.807, 2.05) is 6.07 Å². The standard InChI is InChI=1S/C25H19NO8S/c27-20(23-13-16-5-1-4-8-21(16)34-23)15-33-25(28)18-6-2-3-7-19(18)26-35(29,30)17-9-10-22-24(14-17)32-12-11-31-22/h1-10,13-14,26H,11-12,15H2. The number of esters is 1. The number of rotatable bonds is 7. The Balaban J connectivity index is 1.31. The van der Waals surface area contributed by atoms with E-state index in [1.165, 1.54) is 30.3 Å². The maximum absolute atomic E-state index is 13.0. The van der Waals surface area contributed by atoms with Gasteiger partial charge in [-0.1, -0.05) is 30.3 Å². The Morgan fingerprint density at radius 2 is 1.63 bits per heavy atom. The highest BCUT2D eigenvalue weighted by Crippen LogP contribution is 2.33. The highest BCUT2D eigenvalue weighted by molar-refractivity contribution is 7.92. The molecule has 3 aromatic carbocycles. The van der Waals surface area contributed by atoms with Gasteiger partial charge in [0, 0.05) is 11.5 Å². The van der Waals surface area contributed by atoms with Gasteiger partial charge in [-0.3, -0.25) is 9.52 Å². The zero-order chi connectivity index (χ0) is 24.4. The van der Waals surface area contributed by atoms with E-state index in [0.717, 1.165) is 5.39 Å². The van der Waals surface area contributed by atoms with Gasteiger partial charge in [0.05, 0.1) is 16.1 Å². The van der Waals surface area contributed by atoms with Crippen LogP contribution in [0.4, 0.5) is 5.69 Å². The molecule has 178 valence electrons. The van der Waals surface area contributed by atoms with E-state index in [4.69, 9.17) is 18.6 Å². The van der Waals surface area contributed by atoms with E-state index in [9.17, 15) is 18.0 Å². The number of para-hydroxylation sites is 2. The van der Waals surface area contributed by atoms with Gasteiger partial charge in [-0.05, 0) is 36.4 Å². The first-order chi connectivity index (χ1) is 16.9. The van der Waals surface area contributed by atoms with E-state index in [0.29, 0.717) is 30.3 Å². The first kappa shape index (κ1) is 22.5. The fraction of sp³-hybridized carbons (Fsp3) is 0.120. The Morgan fingerprint density at radius 3 is 2.46 bits per heavy atom. The summed E-state index contributed by atoms with van der Waals surface area (Å²) < 4.78 is 49.9. The van der Waals surface area contributed by atoms with Crippen LogP contribution in [0.5, 0.6) is 11.5 Å². The third-order valence-corrected chi connectivity index (χ3v) is 6.61. The van der Waals surface area contributed by atoms with Gasteiger partial charge in [-0.2, -0.15) is 0 Å². The van der Waals surface area contributed by atoms with E-state index < -0.39 is 28.4 Å². The third-order valence-electron chi connectivity index (χ3n) is 5.25. The molecule has 0 fully saturated rings. The molecule has 35 heavy (non-hydrogen) atoms. The lowest BCUT2D eigenvalue weighted by atomic mass is 10.2. The quantitative estimate of drug-likeness (QED) is 0.302. The van der Waals surface area contributed by atoms with E-state index >= 15 is 0 Å². The molecule has 1 N–H and O–H groups in total. The fourth-order valence-electron chi connectivity index (χ4n) is 3.54. The van der Waals surface area contributed by atoms with Crippen molar-refractivity contribution in [1.29, 1.82) is 0 Å². The summed E-state index contributed by atoms with van der Waals surface area (Å²) in [6.07, 6.45) is 0. The largest absolute Gasteiger partial charge is 0.486 e. The fourth-order valence-corrected chi connectivity index (χ4v) is 4.64. The molecular weight excluding hydrogens is 474 g/mol. The lowest BCUT2D eigenvalue weighted by Crippen LogP contribution is -2.19. The maximum atomic E-state index is 13.0. The SMILES string of the molecule is O=C(COC(=O)c1ccccc1NS(=O)(=O)c1ccc2c(c1)OCCO2)c1cc2ccccc2o1. The van der Waals surface area contributed by atoms with Crippen LogP contribution in [-0.4, -0.2) is 40.0 Å². The molecule has 0 atom stereocenters. The predicted octanol–water partition coefficient (Wildman–Crippen LogP) is 4.04. The minimum Gasteiger partial charge on any atom is -0.486 e. The number of Topliss-reactive ketones (excluding diaryl/α,β-unsaturated/α-hetero) is 1. The molecule has 4 aromatic rings. The summed E-state index contributed by atoms with van der Waals surface area (Å²) in [5.74, 6) is -0.561. The van der Waals surface area contributed by atoms with Gasteiger partial charge in [0.2, 0.25) is 5.78 Å². The average molecular weight is 493 g/mol. The molecule has 0 saturated heterocycles. The Bertz CT molecular complexity index is 1510. The minimum atomic E-state index is -4.07. The molecule has 0 radical (unpaired) electrons. The number of carbonyl (C=O) groups excluding carboxylic acids is 2. The van der Waals surface area contributed by atoms with Crippen molar-refractivity contribution in [3.63, 3.8) is 0 Å². The summed E-state index contributed by atoms with van der Waals surface area (Å²) in [5.41, 5.74) is 0.496. The first-order valence-electron chi connectivity index (χ1n) is 10.6. The lowest BCUT2D eigenvalue weighted by Gasteiger charge is -2.19. The summed E-state index contributed by atoms with van der Waals surface area (Å²) in [6.45, 7) is 0.124. The number of sulfonamides is 1. The second kappa shape index (κ2) is 9.15. The monoisotopic (exact) mass is 493 g/mol. The van der Waals surface area contributed by atoms with Gasteiger partial charge in [0.1, 0.15) is 18.8 Å². The molecule has 10 heteroatoms. The van der Waals surface area contributed by atoms with Crippen molar-refractivity contribution in [3.05, 3.63) is 84.1 Å². The van der Waals surface area contributed by atoms with E-state index in [-0.39, 0.29) is 21.9 Å². The van der Waals surface area contributed by atoms with Crippen molar-refractivity contribution in [1.82, 2.24) is 0 Å². The molecule has 1 aliphatic rings. The van der Waals surface area contributed by atoms with Gasteiger partial charge < -0.3 is 18.6 Å². The summed E-state index contributed by atoms with van der Waals surface area (Å²) in [4.78, 5) is 25.1. The molecule has 1 aliphatic heterocycles. The van der Waals surface area contributed by atoms with Crippen LogP contribution in [0.25, 0.3) is 11.0 Å². The Hall–Kier alpha value is -4.31. The number of benzene rings is 3. The normalized spacial score (nSPS) is 12.8. The van der Waals surface area contributed by atoms with Crippen molar-refractivity contribution in [2.75, 3.05) is 24.5 Å². The van der Waals surface area contributed by atoms with E-state index in [1.54, 1.807) is 36.4 Å². The number of carbonyl (C=O) groups is 2. The molecule has 2 heterocycles. The summed E-state index contributed by atoms with van der Waals surface area (Å²) in [5, 5.41) is 0.751. The molecule has 5 rings (SSSR count). The van der Waals surface area contributed by atoms with Crippen LogP contribution in [0.3, 0.4) is 0 Å². The number of fused-ring (bicyclic) bond motifs is 2. The predicted molar refractivity (Wildman–Crippen MR) is 126 cm³/mol. The zero-order valence-electron chi connectivity index (χ0n) is 18.2. The number of nitrogens with one attached hydrogen (secondary N) is 1. The smallest absolute Gasteiger partial charge is 0.340 e. The highest BCUT2D eigenvalue weighted by atomic mass is 32.2. The number of hydrogen-bond donors (Lipinski definition) is 1. The summed E-state index contributed by atoms with van der Waals surface area (Å²) in [7, 11) is -4.07. The molecule has 1 aromatic heterocycles. The molecule has 0 saturated carbocycles. The lowest BCUT2D eigenvalue weighted by molar-refractivity contribution is 0.0469. The van der Waals surface area contributed by atoms with E-state index in [2.05, 4.69) is 4.72 Å². The van der Waals surface area contributed by atoms with Crippen molar-refractivity contribution in [3.8, 4) is 11.5 Å². The second-order valence-corrected chi connectivity index (χ2v) is 9.29. The number of ether oxygens (including phenoxy) is 3. The first-order valence-corrected chi connectivity index (χ1v) is 12.1.